The SMILES string of the molecule is Cc1ccc2c(c1)NC(=O)[C@@]21C(CC(C)(C)C)N[C@@H](C(=O)O)C1c1ccc(F)c(C)c1.O=C(O)C(F)(F)F. The van der Waals surface area contributed by atoms with Crippen LogP contribution in [0.15, 0.2) is 36.4 Å². The summed E-state index contributed by atoms with van der Waals surface area (Å²) >= 11 is 0. The summed E-state index contributed by atoms with van der Waals surface area (Å²) in [6, 6.07) is 9.10. The molecule has 0 radical (unpaired) electrons. The smallest absolute Gasteiger partial charge is 0.480 e. The number of hydrogen-bond acceptors (Lipinski definition) is 4. The van der Waals surface area contributed by atoms with Crippen molar-refractivity contribution < 1.29 is 42.2 Å². The first-order valence-electron chi connectivity index (χ1n) is 11.9. The third-order valence-electron chi connectivity index (χ3n) is 6.87. The molecule has 2 aliphatic rings. The second-order valence-electron chi connectivity index (χ2n) is 11.0. The number of fused-ring (bicyclic) bond motifs is 2. The van der Waals surface area contributed by atoms with Crippen LogP contribution >= 0.6 is 0 Å². The van der Waals surface area contributed by atoms with E-state index in [9.17, 15) is 32.3 Å². The number of alkyl halides is 3. The normalized spacial score (nSPS) is 24.4. The van der Waals surface area contributed by atoms with E-state index in [4.69, 9.17) is 9.90 Å². The molecule has 4 rings (SSSR count). The van der Waals surface area contributed by atoms with Gasteiger partial charge in [-0.05, 0) is 60.1 Å². The van der Waals surface area contributed by atoms with Crippen LogP contribution in [0, 0.1) is 25.1 Å². The highest BCUT2D eigenvalue weighted by Crippen LogP contribution is 2.56. The average Bonchev–Trinajstić information content (AvgIpc) is 3.24. The Hall–Kier alpha value is -3.47. The highest BCUT2D eigenvalue weighted by Gasteiger charge is 2.65. The number of carboxylic acids is 2. The Morgan fingerprint density at radius 2 is 1.63 bits per heavy atom. The summed E-state index contributed by atoms with van der Waals surface area (Å²) in [6.07, 6.45) is -4.48. The van der Waals surface area contributed by atoms with Crippen LogP contribution in [0.2, 0.25) is 0 Å². The van der Waals surface area contributed by atoms with Crippen molar-refractivity contribution in [1.29, 1.82) is 0 Å². The van der Waals surface area contributed by atoms with E-state index >= 15 is 0 Å². The van der Waals surface area contributed by atoms with E-state index in [1.54, 1.807) is 19.1 Å². The lowest BCUT2D eigenvalue weighted by atomic mass is 9.62. The fourth-order valence-electron chi connectivity index (χ4n) is 5.41. The zero-order valence-corrected chi connectivity index (χ0v) is 21.5. The van der Waals surface area contributed by atoms with Crippen LogP contribution in [-0.2, 0) is 19.8 Å². The van der Waals surface area contributed by atoms with Gasteiger partial charge >= 0.3 is 18.1 Å². The molecule has 4 N–H and O–H groups in total. The van der Waals surface area contributed by atoms with Crippen LogP contribution in [0.1, 0.15) is 55.4 Å². The summed E-state index contributed by atoms with van der Waals surface area (Å²) in [5.74, 6) is -5.01. The Labute approximate surface area is 217 Å². The van der Waals surface area contributed by atoms with Crippen molar-refractivity contribution in [1.82, 2.24) is 5.32 Å². The predicted octanol–water partition coefficient (Wildman–Crippen LogP) is 4.91. The number of rotatable bonds is 3. The van der Waals surface area contributed by atoms with Crippen LogP contribution in [0.3, 0.4) is 0 Å². The van der Waals surface area contributed by atoms with E-state index in [2.05, 4.69) is 31.4 Å². The zero-order valence-electron chi connectivity index (χ0n) is 21.5. The van der Waals surface area contributed by atoms with E-state index in [0.717, 1.165) is 16.8 Å². The average molecular weight is 539 g/mol. The van der Waals surface area contributed by atoms with E-state index < -0.39 is 41.5 Å². The molecule has 1 fully saturated rings. The molecular formula is C27H30F4N2O5. The molecule has 7 nitrogen and oxygen atoms in total. The lowest BCUT2D eigenvalue weighted by Gasteiger charge is -2.37. The van der Waals surface area contributed by atoms with Gasteiger partial charge in [0.1, 0.15) is 17.3 Å². The number of carboxylic acid groups (broad SMARTS) is 2. The van der Waals surface area contributed by atoms with Crippen molar-refractivity contribution in [3.05, 3.63) is 64.5 Å². The van der Waals surface area contributed by atoms with E-state index in [-0.39, 0.29) is 17.1 Å². The number of benzene rings is 2. The molecule has 2 aliphatic heterocycles. The Morgan fingerprint density at radius 1 is 1.03 bits per heavy atom. The minimum absolute atomic E-state index is 0.144. The second kappa shape index (κ2) is 10.0. The molecule has 2 heterocycles. The first-order chi connectivity index (χ1) is 17.4. The molecule has 2 aromatic carbocycles. The molecule has 1 saturated heterocycles. The number of carbonyl (C=O) groups excluding carboxylic acids is 1. The van der Waals surface area contributed by atoms with E-state index in [1.807, 2.05) is 25.1 Å². The Bertz CT molecular complexity index is 1270. The fourth-order valence-corrected chi connectivity index (χ4v) is 5.41. The van der Waals surface area contributed by atoms with Gasteiger partial charge in [0.25, 0.3) is 0 Å². The summed E-state index contributed by atoms with van der Waals surface area (Å²) in [6.45, 7) is 9.85. The minimum atomic E-state index is -5.08. The molecule has 11 heteroatoms. The van der Waals surface area contributed by atoms with Gasteiger partial charge in [-0.2, -0.15) is 13.2 Å². The maximum absolute atomic E-state index is 14.1. The van der Waals surface area contributed by atoms with Crippen LogP contribution in [0.5, 0.6) is 0 Å². The van der Waals surface area contributed by atoms with Crippen LogP contribution < -0.4 is 10.6 Å². The number of aryl methyl sites for hydroxylation is 2. The van der Waals surface area contributed by atoms with Gasteiger partial charge in [0.15, 0.2) is 0 Å². The molecule has 206 valence electrons. The van der Waals surface area contributed by atoms with E-state index in [1.165, 1.54) is 6.07 Å². The number of carbonyl (C=O) groups is 3. The number of anilines is 1. The topological polar surface area (TPSA) is 116 Å². The molecule has 38 heavy (non-hydrogen) atoms. The number of hydrogen-bond donors (Lipinski definition) is 4. The van der Waals surface area contributed by atoms with Gasteiger partial charge in [-0.1, -0.05) is 45.0 Å². The minimum Gasteiger partial charge on any atom is -0.480 e. The largest absolute Gasteiger partial charge is 0.490 e. The van der Waals surface area contributed by atoms with Crippen molar-refractivity contribution in [2.24, 2.45) is 5.41 Å². The van der Waals surface area contributed by atoms with Crippen molar-refractivity contribution in [2.75, 3.05) is 5.32 Å². The molecule has 2 unspecified atom stereocenters. The third-order valence-corrected chi connectivity index (χ3v) is 6.87. The van der Waals surface area contributed by atoms with Crippen molar-refractivity contribution in [3.63, 3.8) is 0 Å². The van der Waals surface area contributed by atoms with Crippen LogP contribution in [-0.4, -0.2) is 46.3 Å². The zero-order chi connectivity index (χ0) is 28.8. The van der Waals surface area contributed by atoms with Gasteiger partial charge in [0.05, 0.1) is 0 Å². The molecule has 0 aromatic heterocycles. The number of nitrogens with one attached hydrogen (secondary N) is 2. The summed E-state index contributed by atoms with van der Waals surface area (Å²) in [7, 11) is 0. The molecule has 1 spiro atoms. The monoisotopic (exact) mass is 538 g/mol. The maximum atomic E-state index is 14.1. The van der Waals surface area contributed by atoms with Crippen molar-refractivity contribution >= 4 is 23.5 Å². The molecule has 0 saturated carbocycles. The van der Waals surface area contributed by atoms with Gasteiger partial charge in [0, 0.05) is 17.6 Å². The molecule has 1 amide bonds. The first-order valence-corrected chi connectivity index (χ1v) is 11.9. The lowest BCUT2D eigenvalue weighted by Crippen LogP contribution is -2.49. The molecule has 4 atom stereocenters. The molecular weight excluding hydrogens is 508 g/mol. The summed E-state index contributed by atoms with van der Waals surface area (Å²) in [5.41, 5.74) is 2.37. The number of halogens is 4. The lowest BCUT2D eigenvalue weighted by molar-refractivity contribution is -0.192. The third kappa shape index (κ3) is 5.38. The summed E-state index contributed by atoms with van der Waals surface area (Å²) in [4.78, 5) is 35.0. The highest BCUT2D eigenvalue weighted by molar-refractivity contribution is 6.09. The van der Waals surface area contributed by atoms with Gasteiger partial charge < -0.3 is 15.5 Å². The van der Waals surface area contributed by atoms with Crippen LogP contribution in [0.25, 0.3) is 0 Å². The fraction of sp³-hybridized carbons (Fsp3) is 0.444. The highest BCUT2D eigenvalue weighted by atomic mass is 19.4. The van der Waals surface area contributed by atoms with Gasteiger partial charge in [0.2, 0.25) is 5.91 Å². The van der Waals surface area contributed by atoms with Crippen LogP contribution in [0.4, 0.5) is 23.2 Å². The quantitative estimate of drug-likeness (QED) is 0.413. The van der Waals surface area contributed by atoms with E-state index in [0.29, 0.717) is 17.5 Å². The number of amides is 1. The Balaban J connectivity index is 0.000000505. The van der Waals surface area contributed by atoms with Gasteiger partial charge in [-0.25, -0.2) is 9.18 Å². The number of aliphatic carboxylic acids is 2. The summed E-state index contributed by atoms with van der Waals surface area (Å²) in [5, 5.41) is 23.6. The molecule has 2 aromatic rings. The maximum Gasteiger partial charge on any atom is 0.490 e. The Morgan fingerprint density at radius 3 is 2.13 bits per heavy atom. The Kier molecular flexibility index (Phi) is 7.66. The second-order valence-corrected chi connectivity index (χ2v) is 11.0. The molecule has 0 bridgehead atoms. The van der Waals surface area contributed by atoms with Crippen molar-refractivity contribution in [2.45, 2.75) is 70.6 Å². The predicted molar refractivity (Wildman–Crippen MR) is 131 cm³/mol. The first kappa shape index (κ1) is 29.1. The summed E-state index contributed by atoms with van der Waals surface area (Å²) < 4.78 is 45.8. The van der Waals surface area contributed by atoms with Gasteiger partial charge in [-0.3, -0.25) is 14.9 Å². The molecule has 0 aliphatic carbocycles. The van der Waals surface area contributed by atoms with Gasteiger partial charge in [-0.15, -0.1) is 0 Å². The van der Waals surface area contributed by atoms with Crippen molar-refractivity contribution in [3.8, 4) is 0 Å². The standard InChI is InChI=1S/C25H29FN2O3.C2HF3O2/c1-13-6-8-16-18(10-13)27-23(31)25(16)19(12-24(3,4)5)28-21(22(29)30)20(25)15-7-9-17(26)14(2)11-15;3-2(4,5)1(6)7/h6-11,19-21,28H,12H2,1-5H3,(H,27,31)(H,29,30);(H,6,7)/t19?,20?,21-,25-;/m1./s1.